The number of carbonyl (C=O) groups is 3. The molecule has 0 radical (unpaired) electrons. The van der Waals surface area contributed by atoms with E-state index in [0.717, 1.165) is 12.8 Å². The molecule has 1 aromatic carbocycles. The number of rotatable bonds is 4. The maximum absolute atomic E-state index is 12.5. The van der Waals surface area contributed by atoms with Crippen molar-refractivity contribution >= 4 is 29.7 Å². The van der Waals surface area contributed by atoms with Gasteiger partial charge >= 0.3 is 12.1 Å². The van der Waals surface area contributed by atoms with E-state index >= 15 is 0 Å². The highest BCUT2D eigenvalue weighted by molar-refractivity contribution is 6.05. The van der Waals surface area contributed by atoms with Crippen molar-refractivity contribution in [2.45, 2.75) is 66.0 Å². The number of methoxy groups -OCH3 is 1. The van der Waals surface area contributed by atoms with Gasteiger partial charge in [-0.3, -0.25) is 4.79 Å². The van der Waals surface area contributed by atoms with Crippen molar-refractivity contribution in [2.24, 2.45) is 5.41 Å². The fourth-order valence-corrected chi connectivity index (χ4v) is 3.21. The van der Waals surface area contributed by atoms with Crippen LogP contribution in [0.3, 0.4) is 0 Å². The van der Waals surface area contributed by atoms with E-state index in [2.05, 4.69) is 5.32 Å². The SMILES string of the molecule is COC(=O)c1c(/C=C/C2CCCN2C(=O)OC(C)(C)C)cccc1NC(=O)C(C)(C)C. The molecule has 7 heteroatoms. The van der Waals surface area contributed by atoms with Crippen LogP contribution in [-0.2, 0) is 14.3 Å². The Balaban J connectivity index is 2.32. The summed E-state index contributed by atoms with van der Waals surface area (Å²) < 4.78 is 10.5. The van der Waals surface area contributed by atoms with Crippen molar-refractivity contribution in [3.05, 3.63) is 35.4 Å². The second-order valence-corrected chi connectivity index (χ2v) is 9.71. The summed E-state index contributed by atoms with van der Waals surface area (Å²) >= 11 is 0. The van der Waals surface area contributed by atoms with Crippen molar-refractivity contribution < 1.29 is 23.9 Å². The Morgan fingerprint density at radius 1 is 1.13 bits per heavy atom. The van der Waals surface area contributed by atoms with Gasteiger partial charge in [-0.25, -0.2) is 9.59 Å². The lowest BCUT2D eigenvalue weighted by Crippen LogP contribution is -2.39. The van der Waals surface area contributed by atoms with Crippen molar-refractivity contribution in [1.82, 2.24) is 4.90 Å². The summed E-state index contributed by atoms with van der Waals surface area (Å²) in [6.45, 7) is 11.5. The van der Waals surface area contributed by atoms with Crippen LogP contribution in [0.1, 0.15) is 70.3 Å². The van der Waals surface area contributed by atoms with E-state index in [-0.39, 0.29) is 23.6 Å². The lowest BCUT2D eigenvalue weighted by Gasteiger charge is -2.27. The molecular formula is C24H34N2O5. The van der Waals surface area contributed by atoms with Gasteiger partial charge in [0.05, 0.1) is 24.4 Å². The van der Waals surface area contributed by atoms with Gasteiger partial charge in [0.2, 0.25) is 5.91 Å². The molecule has 0 spiro atoms. The summed E-state index contributed by atoms with van der Waals surface area (Å²) in [5.41, 5.74) is 0.0994. The summed E-state index contributed by atoms with van der Waals surface area (Å²) in [6.07, 6.45) is 5.03. The number of hydrogen-bond donors (Lipinski definition) is 1. The van der Waals surface area contributed by atoms with E-state index in [1.807, 2.05) is 26.8 Å². The van der Waals surface area contributed by atoms with Gasteiger partial charge in [-0.15, -0.1) is 0 Å². The molecule has 0 aromatic heterocycles. The number of nitrogens with zero attached hydrogens (tertiary/aromatic N) is 1. The fourth-order valence-electron chi connectivity index (χ4n) is 3.21. The number of hydrogen-bond acceptors (Lipinski definition) is 5. The first-order chi connectivity index (χ1) is 14.3. The van der Waals surface area contributed by atoms with Crippen LogP contribution in [0.5, 0.6) is 0 Å². The lowest BCUT2D eigenvalue weighted by atomic mass is 9.95. The third kappa shape index (κ3) is 6.57. The molecule has 1 N–H and O–H groups in total. The minimum Gasteiger partial charge on any atom is -0.465 e. The largest absolute Gasteiger partial charge is 0.465 e. The normalized spacial score (nSPS) is 17.0. The highest BCUT2D eigenvalue weighted by Crippen LogP contribution is 2.27. The third-order valence-corrected chi connectivity index (χ3v) is 4.84. The molecule has 1 fully saturated rings. The zero-order valence-corrected chi connectivity index (χ0v) is 19.6. The first-order valence-electron chi connectivity index (χ1n) is 10.5. The molecule has 1 saturated heterocycles. The molecule has 2 rings (SSSR count). The maximum Gasteiger partial charge on any atom is 0.410 e. The minimum absolute atomic E-state index is 0.131. The molecule has 0 aliphatic carbocycles. The van der Waals surface area contributed by atoms with E-state index in [9.17, 15) is 14.4 Å². The zero-order valence-electron chi connectivity index (χ0n) is 19.6. The Kier molecular flexibility index (Phi) is 7.52. The average Bonchev–Trinajstić information content (AvgIpc) is 3.12. The van der Waals surface area contributed by atoms with Crippen LogP contribution in [-0.4, -0.2) is 48.2 Å². The molecule has 1 heterocycles. The molecule has 1 aliphatic rings. The molecule has 7 nitrogen and oxygen atoms in total. The molecule has 2 amide bonds. The number of esters is 1. The summed E-state index contributed by atoms with van der Waals surface area (Å²) in [7, 11) is 1.30. The van der Waals surface area contributed by atoms with Crippen LogP contribution in [0.15, 0.2) is 24.3 Å². The number of ether oxygens (including phenoxy) is 2. The van der Waals surface area contributed by atoms with Gasteiger partial charge in [-0.2, -0.15) is 0 Å². The molecule has 1 unspecified atom stereocenters. The number of benzene rings is 1. The molecule has 0 bridgehead atoms. The number of likely N-dealkylation sites (tertiary alicyclic amines) is 1. The molecule has 1 aromatic rings. The van der Waals surface area contributed by atoms with E-state index in [1.54, 1.807) is 49.9 Å². The van der Waals surface area contributed by atoms with E-state index in [1.165, 1.54) is 7.11 Å². The van der Waals surface area contributed by atoms with Gasteiger partial charge in [-0.05, 0) is 45.2 Å². The fraction of sp³-hybridized carbons (Fsp3) is 0.542. The lowest BCUT2D eigenvalue weighted by molar-refractivity contribution is -0.123. The van der Waals surface area contributed by atoms with E-state index in [0.29, 0.717) is 17.8 Å². The Morgan fingerprint density at radius 2 is 1.81 bits per heavy atom. The Morgan fingerprint density at radius 3 is 2.39 bits per heavy atom. The second-order valence-electron chi connectivity index (χ2n) is 9.71. The van der Waals surface area contributed by atoms with Gasteiger partial charge in [0, 0.05) is 12.0 Å². The van der Waals surface area contributed by atoms with Gasteiger partial charge in [0.1, 0.15) is 5.60 Å². The molecule has 0 saturated carbocycles. The van der Waals surface area contributed by atoms with Gasteiger partial charge in [-0.1, -0.05) is 45.1 Å². The zero-order chi connectivity index (χ0) is 23.4. The number of amides is 2. The highest BCUT2D eigenvalue weighted by Gasteiger charge is 2.31. The quantitative estimate of drug-likeness (QED) is 0.689. The Bertz CT molecular complexity index is 862. The van der Waals surface area contributed by atoms with Crippen LogP contribution < -0.4 is 5.32 Å². The van der Waals surface area contributed by atoms with Crippen LogP contribution in [0.2, 0.25) is 0 Å². The summed E-state index contributed by atoms with van der Waals surface area (Å²) in [5.74, 6) is -0.745. The first-order valence-corrected chi connectivity index (χ1v) is 10.5. The molecule has 170 valence electrons. The van der Waals surface area contributed by atoms with Gasteiger partial charge in [0.15, 0.2) is 0 Å². The summed E-state index contributed by atoms with van der Waals surface area (Å²) in [5, 5.41) is 2.83. The van der Waals surface area contributed by atoms with Crippen LogP contribution in [0.25, 0.3) is 6.08 Å². The topological polar surface area (TPSA) is 84.9 Å². The van der Waals surface area contributed by atoms with E-state index in [4.69, 9.17) is 9.47 Å². The predicted octanol–water partition coefficient (Wildman–Crippen LogP) is 4.87. The second kappa shape index (κ2) is 9.54. The van der Waals surface area contributed by atoms with Crippen LogP contribution in [0, 0.1) is 5.41 Å². The molecule has 31 heavy (non-hydrogen) atoms. The molecule has 1 aliphatic heterocycles. The summed E-state index contributed by atoms with van der Waals surface area (Å²) in [6, 6.07) is 5.09. The maximum atomic E-state index is 12.5. The minimum atomic E-state index is -0.614. The standard InChI is InChI=1S/C24H34N2O5/c1-23(2,3)21(28)25-18-12-8-10-16(19(18)20(27)30-7)13-14-17-11-9-15-26(17)22(29)31-24(4,5)6/h8,10,12-14,17H,9,11,15H2,1-7H3,(H,25,28)/b14-13+. The molecule has 1 atom stereocenters. The van der Waals surface area contributed by atoms with E-state index < -0.39 is 17.0 Å². The number of nitrogens with one attached hydrogen (secondary N) is 1. The number of carbonyl (C=O) groups excluding carboxylic acids is 3. The number of anilines is 1. The monoisotopic (exact) mass is 430 g/mol. The summed E-state index contributed by atoms with van der Waals surface area (Å²) in [4.78, 5) is 39.2. The van der Waals surface area contributed by atoms with Crippen LogP contribution in [0.4, 0.5) is 10.5 Å². The van der Waals surface area contributed by atoms with Crippen molar-refractivity contribution in [2.75, 3.05) is 19.0 Å². The highest BCUT2D eigenvalue weighted by atomic mass is 16.6. The predicted molar refractivity (Wildman–Crippen MR) is 121 cm³/mol. The van der Waals surface area contributed by atoms with Crippen molar-refractivity contribution in [3.63, 3.8) is 0 Å². The third-order valence-electron chi connectivity index (χ3n) is 4.84. The van der Waals surface area contributed by atoms with Gasteiger partial charge in [0.25, 0.3) is 0 Å². The van der Waals surface area contributed by atoms with Crippen LogP contribution >= 0.6 is 0 Å². The van der Waals surface area contributed by atoms with Gasteiger partial charge < -0.3 is 19.7 Å². The first kappa shape index (κ1) is 24.4. The van der Waals surface area contributed by atoms with Crippen molar-refractivity contribution in [1.29, 1.82) is 0 Å². The Labute approximate surface area is 184 Å². The molecular weight excluding hydrogens is 396 g/mol. The van der Waals surface area contributed by atoms with Crippen molar-refractivity contribution in [3.8, 4) is 0 Å². The Hall–Kier alpha value is -2.83. The smallest absolute Gasteiger partial charge is 0.410 e. The average molecular weight is 431 g/mol.